The van der Waals surface area contributed by atoms with Crippen LogP contribution in [0.3, 0.4) is 0 Å². The third-order valence-electron chi connectivity index (χ3n) is 9.67. The monoisotopic (exact) mass is 304 g/mol. The summed E-state index contributed by atoms with van der Waals surface area (Å²) in [5.41, 5.74) is 1.29. The minimum Gasteiger partial charge on any atom is -0.393 e. The van der Waals surface area contributed by atoms with Gasteiger partial charge in [0.15, 0.2) is 0 Å². The van der Waals surface area contributed by atoms with E-state index in [0.717, 1.165) is 30.1 Å². The molecule has 4 aliphatic carbocycles. The second-order valence-corrected chi connectivity index (χ2v) is 10.3. The summed E-state index contributed by atoms with van der Waals surface area (Å²) in [4.78, 5) is 0. The standard InChI is InChI=1S/C21H36O/c1-19(2)12-5-6-14-7-8-15-16-9-10-18(22)20(16,3)13-11-17(15)21(14,19)4/h14-18,22H,5-13H2,1-4H3/t14-,15+,16+,17+,18-,20+,21+/m1/s1. The predicted octanol–water partition coefficient (Wildman–Crippen LogP) is 5.42. The fourth-order valence-electron chi connectivity index (χ4n) is 7.96. The average molecular weight is 305 g/mol. The molecule has 1 heteroatoms. The molecule has 0 aromatic rings. The van der Waals surface area contributed by atoms with Gasteiger partial charge in [0.05, 0.1) is 6.10 Å². The van der Waals surface area contributed by atoms with Gasteiger partial charge in [0.25, 0.3) is 0 Å². The SMILES string of the molecule is CC1(C)CCC[C@@H]2CC[C@H]3[C@@H]4CC[C@@H](O)[C@@]4(C)CC[C@@H]3[C@]21C. The lowest BCUT2D eigenvalue weighted by Gasteiger charge is -2.65. The van der Waals surface area contributed by atoms with Gasteiger partial charge in [-0.2, -0.15) is 0 Å². The van der Waals surface area contributed by atoms with E-state index in [-0.39, 0.29) is 11.5 Å². The molecule has 4 fully saturated rings. The van der Waals surface area contributed by atoms with Crippen molar-refractivity contribution in [3.05, 3.63) is 0 Å². The first-order chi connectivity index (χ1) is 10.3. The quantitative estimate of drug-likeness (QED) is 0.634. The van der Waals surface area contributed by atoms with Crippen LogP contribution in [0.4, 0.5) is 0 Å². The van der Waals surface area contributed by atoms with Gasteiger partial charge in [-0.1, -0.05) is 34.1 Å². The number of hydrogen-bond donors (Lipinski definition) is 1. The molecule has 0 unspecified atom stereocenters. The lowest BCUT2D eigenvalue weighted by molar-refractivity contribution is -0.170. The van der Waals surface area contributed by atoms with E-state index >= 15 is 0 Å². The highest BCUT2D eigenvalue weighted by atomic mass is 16.3. The van der Waals surface area contributed by atoms with Crippen molar-refractivity contribution in [3.63, 3.8) is 0 Å². The molecule has 0 radical (unpaired) electrons. The molecule has 4 aliphatic rings. The second-order valence-electron chi connectivity index (χ2n) is 10.3. The van der Waals surface area contributed by atoms with Crippen LogP contribution in [0.2, 0.25) is 0 Å². The molecule has 0 saturated heterocycles. The van der Waals surface area contributed by atoms with Crippen molar-refractivity contribution in [2.45, 2.75) is 91.6 Å². The second kappa shape index (κ2) is 4.74. The summed E-state index contributed by atoms with van der Waals surface area (Å²) in [5.74, 6) is 3.59. The minimum absolute atomic E-state index is 0.0247. The maximum Gasteiger partial charge on any atom is 0.0596 e. The van der Waals surface area contributed by atoms with Gasteiger partial charge in [-0.25, -0.2) is 0 Å². The molecule has 0 bridgehead atoms. The summed E-state index contributed by atoms with van der Waals surface area (Å²) in [6.45, 7) is 10.2. The summed E-state index contributed by atoms with van der Waals surface area (Å²) in [5, 5.41) is 10.6. The van der Waals surface area contributed by atoms with Crippen molar-refractivity contribution < 1.29 is 5.11 Å². The van der Waals surface area contributed by atoms with E-state index in [2.05, 4.69) is 27.7 Å². The van der Waals surface area contributed by atoms with Crippen LogP contribution in [-0.4, -0.2) is 11.2 Å². The molecular formula is C21H36O. The summed E-state index contributed by atoms with van der Waals surface area (Å²) in [6, 6.07) is 0. The molecule has 0 aromatic carbocycles. The first-order valence-electron chi connectivity index (χ1n) is 9.99. The summed E-state index contributed by atoms with van der Waals surface area (Å²) in [7, 11) is 0. The average Bonchev–Trinajstić information content (AvgIpc) is 2.76. The lowest BCUT2D eigenvalue weighted by atomic mass is 9.39. The van der Waals surface area contributed by atoms with E-state index in [0.29, 0.717) is 10.8 Å². The van der Waals surface area contributed by atoms with E-state index in [1.807, 2.05) is 0 Å². The van der Waals surface area contributed by atoms with Crippen molar-refractivity contribution >= 4 is 0 Å². The maximum atomic E-state index is 10.6. The van der Waals surface area contributed by atoms with Crippen LogP contribution >= 0.6 is 0 Å². The Labute approximate surface area is 137 Å². The Hall–Kier alpha value is -0.0400. The molecule has 0 aliphatic heterocycles. The maximum absolute atomic E-state index is 10.6. The van der Waals surface area contributed by atoms with E-state index in [4.69, 9.17) is 0 Å². The van der Waals surface area contributed by atoms with Gasteiger partial charge < -0.3 is 5.11 Å². The summed E-state index contributed by atoms with van der Waals surface area (Å²) < 4.78 is 0. The highest BCUT2D eigenvalue weighted by Crippen LogP contribution is 2.69. The number of fused-ring (bicyclic) bond motifs is 5. The van der Waals surface area contributed by atoms with Gasteiger partial charge in [-0.3, -0.25) is 0 Å². The van der Waals surface area contributed by atoms with Crippen molar-refractivity contribution in [1.82, 2.24) is 0 Å². The van der Waals surface area contributed by atoms with Crippen LogP contribution in [-0.2, 0) is 0 Å². The molecule has 7 atom stereocenters. The third-order valence-corrected chi connectivity index (χ3v) is 9.67. The fraction of sp³-hybridized carbons (Fsp3) is 1.00. The zero-order valence-electron chi connectivity index (χ0n) is 15.2. The first kappa shape index (κ1) is 15.5. The Kier molecular flexibility index (Phi) is 3.34. The van der Waals surface area contributed by atoms with Crippen LogP contribution in [0, 0.1) is 39.9 Å². The molecule has 1 N–H and O–H groups in total. The molecule has 4 rings (SSSR count). The Balaban J connectivity index is 1.70. The summed E-state index contributed by atoms with van der Waals surface area (Å²) >= 11 is 0. The molecule has 4 saturated carbocycles. The minimum atomic E-state index is -0.0247. The van der Waals surface area contributed by atoms with E-state index in [1.165, 1.54) is 51.4 Å². The normalized spacial score (nSPS) is 56.9. The van der Waals surface area contributed by atoms with Crippen LogP contribution in [0.15, 0.2) is 0 Å². The van der Waals surface area contributed by atoms with Gasteiger partial charge in [0.1, 0.15) is 0 Å². The molecule has 1 nitrogen and oxygen atoms in total. The molecule has 22 heavy (non-hydrogen) atoms. The molecule has 0 spiro atoms. The Morgan fingerprint density at radius 1 is 0.773 bits per heavy atom. The first-order valence-corrected chi connectivity index (χ1v) is 9.99. The van der Waals surface area contributed by atoms with Crippen LogP contribution in [0.5, 0.6) is 0 Å². The Morgan fingerprint density at radius 3 is 2.32 bits per heavy atom. The van der Waals surface area contributed by atoms with Gasteiger partial charge in [-0.05, 0) is 91.3 Å². The lowest BCUT2D eigenvalue weighted by Crippen LogP contribution is -2.58. The Morgan fingerprint density at radius 2 is 1.55 bits per heavy atom. The van der Waals surface area contributed by atoms with E-state index in [9.17, 15) is 5.11 Å². The molecule has 126 valence electrons. The molecule has 0 heterocycles. The predicted molar refractivity (Wildman–Crippen MR) is 91.5 cm³/mol. The topological polar surface area (TPSA) is 20.2 Å². The number of aliphatic hydroxyl groups is 1. The smallest absolute Gasteiger partial charge is 0.0596 e. The molecular weight excluding hydrogens is 268 g/mol. The van der Waals surface area contributed by atoms with Crippen LogP contribution < -0.4 is 0 Å². The number of aliphatic hydroxyl groups excluding tert-OH is 1. The van der Waals surface area contributed by atoms with Crippen LogP contribution in [0.1, 0.15) is 85.5 Å². The number of hydrogen-bond acceptors (Lipinski definition) is 1. The third kappa shape index (κ3) is 1.75. The van der Waals surface area contributed by atoms with Crippen LogP contribution in [0.25, 0.3) is 0 Å². The van der Waals surface area contributed by atoms with Gasteiger partial charge in [-0.15, -0.1) is 0 Å². The largest absolute Gasteiger partial charge is 0.393 e. The van der Waals surface area contributed by atoms with Crippen molar-refractivity contribution in [3.8, 4) is 0 Å². The van der Waals surface area contributed by atoms with Gasteiger partial charge >= 0.3 is 0 Å². The number of rotatable bonds is 0. The van der Waals surface area contributed by atoms with Crippen molar-refractivity contribution in [2.24, 2.45) is 39.9 Å². The molecule has 0 aromatic heterocycles. The van der Waals surface area contributed by atoms with Crippen molar-refractivity contribution in [2.75, 3.05) is 0 Å². The zero-order valence-corrected chi connectivity index (χ0v) is 15.2. The van der Waals surface area contributed by atoms with E-state index < -0.39 is 0 Å². The highest BCUT2D eigenvalue weighted by Gasteiger charge is 2.63. The summed E-state index contributed by atoms with van der Waals surface area (Å²) in [6.07, 6.45) is 12.3. The highest BCUT2D eigenvalue weighted by molar-refractivity contribution is 5.12. The Bertz CT molecular complexity index is 455. The fourth-order valence-corrected chi connectivity index (χ4v) is 7.96. The molecule has 0 amide bonds. The zero-order chi connectivity index (χ0) is 15.8. The van der Waals surface area contributed by atoms with E-state index in [1.54, 1.807) is 0 Å². The van der Waals surface area contributed by atoms with Gasteiger partial charge in [0.2, 0.25) is 0 Å². The van der Waals surface area contributed by atoms with Crippen molar-refractivity contribution in [1.29, 1.82) is 0 Å². The van der Waals surface area contributed by atoms with Gasteiger partial charge in [0, 0.05) is 0 Å².